The third-order valence-corrected chi connectivity index (χ3v) is 5.56. The van der Waals surface area contributed by atoms with E-state index < -0.39 is 10.0 Å². The Morgan fingerprint density at radius 2 is 1.70 bits per heavy atom. The molecule has 0 unspecified atom stereocenters. The number of aryl methyl sites for hydroxylation is 1. The van der Waals surface area contributed by atoms with Crippen LogP contribution >= 0.6 is 0 Å². The van der Waals surface area contributed by atoms with Gasteiger partial charge >= 0.3 is 0 Å². The fourth-order valence-electron chi connectivity index (χ4n) is 2.51. The molecule has 0 aliphatic heterocycles. The molecule has 156 valence electrons. The highest BCUT2D eigenvalue weighted by Crippen LogP contribution is 2.13. The number of nitrogens with one attached hydrogen (secondary N) is 3. The van der Waals surface area contributed by atoms with Crippen molar-refractivity contribution < 1.29 is 13.2 Å². The highest BCUT2D eigenvalue weighted by Gasteiger charge is 2.14. The van der Waals surface area contributed by atoms with Gasteiger partial charge in [0.2, 0.25) is 10.0 Å². The Bertz CT molecular complexity index is 1120. The number of ketones is 1. The van der Waals surface area contributed by atoms with E-state index in [9.17, 15) is 13.2 Å². The average Bonchev–Trinajstić information content (AvgIpc) is 2.74. The van der Waals surface area contributed by atoms with E-state index in [-0.39, 0.29) is 17.2 Å². The maximum atomic E-state index is 12.4. The Hall–Kier alpha value is -3.37. The average molecular weight is 427 g/mol. The quantitative estimate of drug-likeness (QED) is 0.352. The molecule has 0 spiro atoms. The van der Waals surface area contributed by atoms with Crippen LogP contribution < -0.4 is 15.4 Å². The fraction of sp³-hybridized carbons (Fsp3) is 0.200. The van der Waals surface area contributed by atoms with E-state index in [0.29, 0.717) is 29.6 Å². The number of benzene rings is 1. The molecule has 3 aromatic rings. The molecule has 2 aromatic heterocycles. The van der Waals surface area contributed by atoms with Gasteiger partial charge in [0.15, 0.2) is 11.6 Å². The molecule has 3 rings (SSSR count). The van der Waals surface area contributed by atoms with E-state index in [0.717, 1.165) is 5.56 Å². The molecule has 0 amide bonds. The summed E-state index contributed by atoms with van der Waals surface area (Å²) in [6, 6.07) is 13.2. The van der Waals surface area contributed by atoms with Crippen LogP contribution in [0, 0.1) is 6.92 Å². The van der Waals surface area contributed by atoms with Gasteiger partial charge < -0.3 is 10.6 Å². The molecule has 0 radical (unpaired) electrons. The Morgan fingerprint density at radius 1 is 0.967 bits per heavy atom. The molecule has 0 fully saturated rings. The van der Waals surface area contributed by atoms with Gasteiger partial charge in [0, 0.05) is 24.8 Å². The van der Waals surface area contributed by atoms with Crippen LogP contribution in [0.25, 0.3) is 0 Å². The normalized spacial score (nSPS) is 11.1. The molecule has 0 aliphatic rings. The number of pyridine rings is 1. The monoisotopic (exact) mass is 426 g/mol. The van der Waals surface area contributed by atoms with Crippen molar-refractivity contribution >= 4 is 33.3 Å². The SMILES string of the molecule is CC(=O)c1cccc(S(=O)(=O)NCCNc2ccc(Nc3ccc(C)cn3)nn2)c1. The van der Waals surface area contributed by atoms with Crippen LogP contribution in [0.3, 0.4) is 0 Å². The van der Waals surface area contributed by atoms with Gasteiger partial charge in [-0.05, 0) is 49.7 Å². The molecule has 0 aliphatic carbocycles. The van der Waals surface area contributed by atoms with Crippen LogP contribution in [-0.4, -0.2) is 42.5 Å². The zero-order valence-electron chi connectivity index (χ0n) is 16.6. The summed E-state index contributed by atoms with van der Waals surface area (Å²) in [6.45, 7) is 3.80. The lowest BCUT2D eigenvalue weighted by atomic mass is 10.2. The Kier molecular flexibility index (Phi) is 6.70. The van der Waals surface area contributed by atoms with Crippen molar-refractivity contribution in [3.05, 3.63) is 65.9 Å². The molecular formula is C20H22N6O3S. The minimum absolute atomic E-state index is 0.0511. The summed E-state index contributed by atoms with van der Waals surface area (Å²) in [7, 11) is -3.71. The maximum absolute atomic E-state index is 12.4. The summed E-state index contributed by atoms with van der Waals surface area (Å²) in [5.74, 6) is 1.53. The first-order chi connectivity index (χ1) is 14.3. The Labute approximate surface area is 175 Å². The standard InChI is InChI=1S/C20H22N6O3S/c1-14-6-7-18(22-13-14)24-20-9-8-19(25-26-20)21-10-11-23-30(28,29)17-5-3-4-16(12-17)15(2)27/h3-9,12-13,23H,10-11H2,1-2H3,(H,21,25)(H,22,24,26). The summed E-state index contributed by atoms with van der Waals surface area (Å²) in [5, 5.41) is 14.2. The number of hydrogen-bond donors (Lipinski definition) is 3. The molecule has 0 bridgehead atoms. The number of sulfonamides is 1. The van der Waals surface area contributed by atoms with Crippen molar-refractivity contribution in [2.24, 2.45) is 0 Å². The predicted octanol–water partition coefficient (Wildman–Crippen LogP) is 2.52. The van der Waals surface area contributed by atoms with Crippen LogP contribution in [0.5, 0.6) is 0 Å². The zero-order chi connectivity index (χ0) is 21.6. The smallest absolute Gasteiger partial charge is 0.240 e. The van der Waals surface area contributed by atoms with Crippen molar-refractivity contribution in [3.63, 3.8) is 0 Å². The molecule has 30 heavy (non-hydrogen) atoms. The van der Waals surface area contributed by atoms with Gasteiger partial charge in [0.25, 0.3) is 0 Å². The molecule has 0 saturated carbocycles. The summed E-state index contributed by atoms with van der Waals surface area (Å²) in [6.07, 6.45) is 1.75. The third-order valence-electron chi connectivity index (χ3n) is 4.11. The van der Waals surface area contributed by atoms with E-state index >= 15 is 0 Å². The maximum Gasteiger partial charge on any atom is 0.240 e. The van der Waals surface area contributed by atoms with Crippen LogP contribution in [0.15, 0.2) is 59.6 Å². The second-order valence-electron chi connectivity index (χ2n) is 6.56. The van der Waals surface area contributed by atoms with Gasteiger partial charge in [-0.2, -0.15) is 0 Å². The van der Waals surface area contributed by atoms with E-state index in [1.807, 2.05) is 19.1 Å². The van der Waals surface area contributed by atoms with Gasteiger partial charge in [0.05, 0.1) is 4.90 Å². The Morgan fingerprint density at radius 3 is 2.37 bits per heavy atom. The number of hydrogen-bond acceptors (Lipinski definition) is 8. The number of nitrogens with zero attached hydrogens (tertiary/aromatic N) is 3. The number of anilines is 3. The topological polar surface area (TPSA) is 126 Å². The van der Waals surface area contributed by atoms with Gasteiger partial charge in [0.1, 0.15) is 11.6 Å². The van der Waals surface area contributed by atoms with Crippen molar-refractivity contribution in [1.29, 1.82) is 0 Å². The summed E-state index contributed by atoms with van der Waals surface area (Å²) < 4.78 is 27.2. The van der Waals surface area contributed by atoms with Gasteiger partial charge in [-0.1, -0.05) is 18.2 Å². The molecule has 9 nitrogen and oxygen atoms in total. The lowest BCUT2D eigenvalue weighted by Gasteiger charge is -2.09. The number of Topliss-reactive ketones (excluding diaryl/α,β-unsaturated/α-hetero) is 1. The summed E-state index contributed by atoms with van der Waals surface area (Å²) >= 11 is 0. The molecule has 1 aromatic carbocycles. The van der Waals surface area contributed by atoms with Crippen molar-refractivity contribution in [3.8, 4) is 0 Å². The van der Waals surface area contributed by atoms with Gasteiger partial charge in [-0.15, -0.1) is 10.2 Å². The number of rotatable bonds is 9. The fourth-order valence-corrected chi connectivity index (χ4v) is 3.59. The van der Waals surface area contributed by atoms with Gasteiger partial charge in [-0.25, -0.2) is 18.1 Å². The highest BCUT2D eigenvalue weighted by molar-refractivity contribution is 7.89. The van der Waals surface area contributed by atoms with E-state index in [2.05, 4.69) is 30.5 Å². The van der Waals surface area contributed by atoms with Crippen LogP contribution in [0.2, 0.25) is 0 Å². The summed E-state index contributed by atoms with van der Waals surface area (Å²) in [4.78, 5) is 15.7. The summed E-state index contributed by atoms with van der Waals surface area (Å²) in [5.41, 5.74) is 1.41. The van der Waals surface area contributed by atoms with E-state index in [4.69, 9.17) is 0 Å². The predicted molar refractivity (Wildman–Crippen MR) is 114 cm³/mol. The molecule has 3 N–H and O–H groups in total. The molecule has 0 atom stereocenters. The Balaban J connectivity index is 1.49. The number of carbonyl (C=O) groups excluding carboxylic acids is 1. The van der Waals surface area contributed by atoms with E-state index in [1.54, 1.807) is 30.5 Å². The lowest BCUT2D eigenvalue weighted by Crippen LogP contribution is -2.29. The lowest BCUT2D eigenvalue weighted by molar-refractivity contribution is 0.101. The van der Waals surface area contributed by atoms with Crippen LogP contribution in [0.4, 0.5) is 17.5 Å². The minimum atomic E-state index is -3.71. The highest BCUT2D eigenvalue weighted by atomic mass is 32.2. The first kappa shape index (κ1) is 21.3. The van der Waals surface area contributed by atoms with Crippen LogP contribution in [0.1, 0.15) is 22.8 Å². The second-order valence-corrected chi connectivity index (χ2v) is 8.33. The largest absolute Gasteiger partial charge is 0.367 e. The number of aromatic nitrogens is 3. The third kappa shape index (κ3) is 5.82. The zero-order valence-corrected chi connectivity index (χ0v) is 17.4. The number of carbonyl (C=O) groups is 1. The first-order valence-electron chi connectivity index (χ1n) is 9.21. The van der Waals surface area contributed by atoms with Crippen LogP contribution in [-0.2, 0) is 10.0 Å². The second kappa shape index (κ2) is 9.42. The first-order valence-corrected chi connectivity index (χ1v) is 10.7. The van der Waals surface area contributed by atoms with Crippen molar-refractivity contribution in [1.82, 2.24) is 19.9 Å². The van der Waals surface area contributed by atoms with Gasteiger partial charge in [-0.3, -0.25) is 4.79 Å². The molecule has 2 heterocycles. The molecule has 0 saturated heterocycles. The molecular weight excluding hydrogens is 404 g/mol. The molecule has 10 heteroatoms. The minimum Gasteiger partial charge on any atom is -0.367 e. The van der Waals surface area contributed by atoms with Crippen molar-refractivity contribution in [2.75, 3.05) is 23.7 Å². The van der Waals surface area contributed by atoms with Crippen molar-refractivity contribution in [2.45, 2.75) is 18.7 Å². The van der Waals surface area contributed by atoms with E-state index in [1.165, 1.54) is 19.1 Å².